The number of rotatable bonds is 5. The van der Waals surface area contributed by atoms with Crippen LogP contribution in [0.1, 0.15) is 29.2 Å². The van der Waals surface area contributed by atoms with Crippen LogP contribution in [0, 0.1) is 18.8 Å². The van der Waals surface area contributed by atoms with Crippen LogP contribution in [0.2, 0.25) is 0 Å². The Morgan fingerprint density at radius 2 is 1.74 bits per heavy atom. The van der Waals surface area contributed by atoms with Gasteiger partial charge in [0.15, 0.2) is 0 Å². The zero-order valence-corrected chi connectivity index (χ0v) is 17.7. The summed E-state index contributed by atoms with van der Waals surface area (Å²) in [5.74, 6) is -8.04. The summed E-state index contributed by atoms with van der Waals surface area (Å²) >= 11 is 0. The number of nitrogens with one attached hydrogen (secondary N) is 1. The fourth-order valence-electron chi connectivity index (χ4n) is 4.92. The lowest BCUT2D eigenvalue weighted by molar-refractivity contribution is -0.154. The highest BCUT2D eigenvalue weighted by molar-refractivity contribution is 6.24. The number of anilines is 1. The van der Waals surface area contributed by atoms with Crippen molar-refractivity contribution in [2.24, 2.45) is 11.8 Å². The van der Waals surface area contributed by atoms with Crippen LogP contribution in [0.5, 0.6) is 0 Å². The lowest BCUT2D eigenvalue weighted by Crippen LogP contribution is -2.57. The first-order valence-corrected chi connectivity index (χ1v) is 10.2. The van der Waals surface area contributed by atoms with Gasteiger partial charge < -0.3 is 10.2 Å². The molecule has 0 radical (unpaired) electrons. The summed E-state index contributed by atoms with van der Waals surface area (Å²) in [6.07, 6.45) is -5.76. The third-order valence-electron chi connectivity index (χ3n) is 6.40. The van der Waals surface area contributed by atoms with E-state index in [2.05, 4.69) is 5.32 Å². The number of fused-ring (bicyclic) bond motifs is 1. The molecule has 2 aromatic carbocycles. The number of amides is 2. The molecule has 3 N–H and O–H groups in total. The Labute approximate surface area is 191 Å². The van der Waals surface area contributed by atoms with E-state index >= 15 is 0 Å². The van der Waals surface area contributed by atoms with Gasteiger partial charge in [0.25, 0.3) is 0 Å². The van der Waals surface area contributed by atoms with E-state index in [0.29, 0.717) is 5.56 Å². The molecule has 0 aromatic heterocycles. The number of hydrogen-bond donors (Lipinski definition) is 3. The molecule has 2 fully saturated rings. The molecular weight excluding hydrogens is 457 g/mol. The molecule has 0 saturated carbocycles. The van der Waals surface area contributed by atoms with Gasteiger partial charge in [-0.15, -0.1) is 0 Å². The van der Waals surface area contributed by atoms with Crippen LogP contribution in [-0.2, 0) is 25.4 Å². The van der Waals surface area contributed by atoms with Crippen LogP contribution >= 0.6 is 0 Å². The quantitative estimate of drug-likeness (QED) is 0.567. The molecule has 0 bridgehead atoms. The summed E-state index contributed by atoms with van der Waals surface area (Å²) in [5, 5.41) is 22.0. The van der Waals surface area contributed by atoms with Gasteiger partial charge in [-0.2, -0.15) is 13.2 Å². The Morgan fingerprint density at radius 1 is 1.06 bits per heavy atom. The predicted molar refractivity (Wildman–Crippen MR) is 111 cm³/mol. The number of benzene rings is 2. The number of aryl methyl sites for hydroxylation is 1. The Balaban J connectivity index is 1.90. The summed E-state index contributed by atoms with van der Waals surface area (Å²) in [6, 6.07) is 8.98. The molecule has 8 nitrogen and oxygen atoms in total. The monoisotopic (exact) mass is 476 g/mol. The number of aliphatic carboxylic acids is 2. The highest BCUT2D eigenvalue weighted by Crippen LogP contribution is 2.51. The van der Waals surface area contributed by atoms with Gasteiger partial charge in [-0.05, 0) is 36.2 Å². The maximum atomic E-state index is 13.5. The molecule has 34 heavy (non-hydrogen) atoms. The van der Waals surface area contributed by atoms with E-state index in [-0.39, 0.29) is 11.3 Å². The van der Waals surface area contributed by atoms with Crippen LogP contribution in [0.3, 0.4) is 0 Å². The summed E-state index contributed by atoms with van der Waals surface area (Å²) in [7, 11) is 0. The van der Waals surface area contributed by atoms with Crippen molar-refractivity contribution in [1.82, 2.24) is 5.32 Å². The summed E-state index contributed by atoms with van der Waals surface area (Å²) < 4.78 is 40.0. The van der Waals surface area contributed by atoms with Gasteiger partial charge in [0.1, 0.15) is 5.54 Å². The van der Waals surface area contributed by atoms with E-state index in [1.807, 2.05) is 0 Å². The van der Waals surface area contributed by atoms with E-state index in [1.54, 1.807) is 25.1 Å². The fourth-order valence-corrected chi connectivity index (χ4v) is 4.92. The molecule has 4 atom stereocenters. The molecular formula is C23H19F3N2O6. The van der Waals surface area contributed by atoms with Crippen LogP contribution in [0.15, 0.2) is 48.5 Å². The van der Waals surface area contributed by atoms with Gasteiger partial charge in [-0.3, -0.25) is 24.5 Å². The van der Waals surface area contributed by atoms with Crippen molar-refractivity contribution < 1.29 is 42.6 Å². The van der Waals surface area contributed by atoms with Crippen molar-refractivity contribution in [1.29, 1.82) is 0 Å². The lowest BCUT2D eigenvalue weighted by atomic mass is 9.77. The third kappa shape index (κ3) is 3.52. The fraction of sp³-hybridized carbons (Fsp3) is 0.304. The Hall–Kier alpha value is -3.73. The van der Waals surface area contributed by atoms with Crippen molar-refractivity contribution in [3.05, 3.63) is 65.2 Å². The van der Waals surface area contributed by atoms with Gasteiger partial charge in [0.05, 0.1) is 29.5 Å². The summed E-state index contributed by atoms with van der Waals surface area (Å²) in [6.45, 7) is 1.63. The predicted octanol–water partition coefficient (Wildman–Crippen LogP) is 2.76. The van der Waals surface area contributed by atoms with Crippen molar-refractivity contribution in [2.75, 3.05) is 4.90 Å². The Morgan fingerprint density at radius 3 is 2.32 bits per heavy atom. The second-order valence-electron chi connectivity index (χ2n) is 8.39. The zero-order valence-electron chi connectivity index (χ0n) is 17.7. The number of carboxylic acids is 2. The van der Waals surface area contributed by atoms with Crippen LogP contribution in [0.4, 0.5) is 18.9 Å². The first kappa shape index (κ1) is 23.4. The van der Waals surface area contributed by atoms with E-state index in [0.717, 1.165) is 23.1 Å². The second kappa shape index (κ2) is 7.94. The van der Waals surface area contributed by atoms with Crippen molar-refractivity contribution >= 4 is 29.4 Å². The maximum Gasteiger partial charge on any atom is 0.416 e. The molecule has 0 spiro atoms. The smallest absolute Gasteiger partial charge is 0.416 e. The molecule has 2 amide bonds. The molecule has 11 heteroatoms. The van der Waals surface area contributed by atoms with E-state index in [4.69, 9.17) is 0 Å². The Kier molecular flexibility index (Phi) is 5.47. The van der Waals surface area contributed by atoms with E-state index < -0.39 is 65.3 Å². The second-order valence-corrected chi connectivity index (χ2v) is 8.39. The number of carboxylic acid groups (broad SMARTS) is 2. The van der Waals surface area contributed by atoms with Gasteiger partial charge in [-0.1, -0.05) is 30.3 Å². The normalized spacial score (nSPS) is 26.6. The minimum atomic E-state index is -4.71. The number of imide groups is 1. The topological polar surface area (TPSA) is 124 Å². The zero-order chi connectivity index (χ0) is 25.0. The largest absolute Gasteiger partial charge is 0.481 e. The van der Waals surface area contributed by atoms with Crippen molar-refractivity contribution in [3.63, 3.8) is 0 Å². The van der Waals surface area contributed by atoms with E-state index in [1.165, 1.54) is 12.1 Å². The number of halogens is 3. The molecule has 2 aliphatic rings. The van der Waals surface area contributed by atoms with Gasteiger partial charge in [0.2, 0.25) is 11.8 Å². The molecule has 0 aliphatic carbocycles. The summed E-state index contributed by atoms with van der Waals surface area (Å²) in [4.78, 5) is 51.8. The molecule has 178 valence electrons. The van der Waals surface area contributed by atoms with Gasteiger partial charge >= 0.3 is 18.1 Å². The molecule has 2 aliphatic heterocycles. The minimum Gasteiger partial charge on any atom is -0.481 e. The average Bonchev–Trinajstić information content (AvgIpc) is 3.22. The first-order valence-electron chi connectivity index (χ1n) is 10.2. The SMILES string of the molecule is Cc1ccccc1N1C(=O)C2C(c3cccc(C(F)(F)F)c3)NC(CC(=O)O)(C(=O)O)C2C1=O. The number of carbonyl (C=O) groups excluding carboxylic acids is 2. The molecule has 2 saturated heterocycles. The van der Waals surface area contributed by atoms with Crippen molar-refractivity contribution in [2.45, 2.75) is 31.1 Å². The Bertz CT molecular complexity index is 1210. The number of alkyl halides is 3. The lowest BCUT2D eigenvalue weighted by Gasteiger charge is -2.30. The highest BCUT2D eigenvalue weighted by Gasteiger charge is 2.69. The maximum absolute atomic E-state index is 13.5. The van der Waals surface area contributed by atoms with Gasteiger partial charge in [0, 0.05) is 6.04 Å². The molecule has 2 aromatic rings. The summed E-state index contributed by atoms with van der Waals surface area (Å²) in [5.41, 5.74) is -2.77. The van der Waals surface area contributed by atoms with Crippen LogP contribution in [0.25, 0.3) is 0 Å². The van der Waals surface area contributed by atoms with E-state index in [9.17, 15) is 42.6 Å². The standard InChI is InChI=1S/C23H19F3N2O6/c1-11-5-2-3-8-14(11)28-19(31)16-17(20(28)32)22(21(33)34,10-15(29)30)27-18(16)12-6-4-7-13(9-12)23(24,25)26/h2-9,16-18,27H,10H2,1H3,(H,29,30)(H,33,34). The molecule has 2 heterocycles. The number of hydrogen-bond acceptors (Lipinski definition) is 5. The average molecular weight is 476 g/mol. The van der Waals surface area contributed by atoms with Gasteiger partial charge in [-0.25, -0.2) is 4.90 Å². The molecule has 4 unspecified atom stereocenters. The number of carbonyl (C=O) groups is 4. The van der Waals surface area contributed by atoms with Crippen LogP contribution < -0.4 is 10.2 Å². The number of nitrogens with zero attached hydrogens (tertiary/aromatic N) is 1. The van der Waals surface area contributed by atoms with Crippen molar-refractivity contribution in [3.8, 4) is 0 Å². The molecule has 4 rings (SSSR count). The third-order valence-corrected chi connectivity index (χ3v) is 6.40. The van der Waals surface area contributed by atoms with Crippen LogP contribution in [-0.4, -0.2) is 39.5 Å². The minimum absolute atomic E-state index is 0.0777. The first-order chi connectivity index (χ1) is 15.9. The number of para-hydroxylation sites is 1. The highest BCUT2D eigenvalue weighted by atomic mass is 19.4.